The largest absolute Gasteiger partial charge is 0.289 e. The summed E-state index contributed by atoms with van der Waals surface area (Å²) in [6.45, 7) is 0. The van der Waals surface area contributed by atoms with Crippen LogP contribution in [-0.4, -0.2) is 14.5 Å². The third kappa shape index (κ3) is 1.66. The van der Waals surface area contributed by atoms with Crippen LogP contribution in [0.15, 0.2) is 31.0 Å². The van der Waals surface area contributed by atoms with Gasteiger partial charge in [-0.1, -0.05) is 23.2 Å². The molecule has 5 heteroatoms. The van der Waals surface area contributed by atoms with E-state index in [0.29, 0.717) is 15.9 Å². The molecule has 0 radical (unpaired) electrons. The highest BCUT2D eigenvalue weighted by Gasteiger charge is 2.03. The fraction of sp³-hybridized carbons (Fsp3) is 0. The Morgan fingerprint density at radius 2 is 2.15 bits per heavy atom. The van der Waals surface area contributed by atoms with Gasteiger partial charge in [-0.25, -0.2) is 9.97 Å². The normalized spacial score (nSPS) is 10.3. The van der Waals surface area contributed by atoms with E-state index in [4.69, 9.17) is 23.2 Å². The van der Waals surface area contributed by atoms with Crippen molar-refractivity contribution >= 4 is 23.2 Å². The van der Waals surface area contributed by atoms with Crippen molar-refractivity contribution in [3.63, 3.8) is 0 Å². The summed E-state index contributed by atoms with van der Waals surface area (Å²) in [6.07, 6.45) is 6.60. The molecule has 0 saturated heterocycles. The number of rotatable bonds is 1. The Kier molecular flexibility index (Phi) is 2.20. The Morgan fingerprint density at radius 1 is 1.31 bits per heavy atom. The minimum absolute atomic E-state index is 0.505. The summed E-state index contributed by atoms with van der Waals surface area (Å²) in [5.41, 5.74) is 0. The first kappa shape index (κ1) is 8.53. The molecule has 2 aromatic rings. The van der Waals surface area contributed by atoms with Crippen molar-refractivity contribution in [1.29, 1.82) is 0 Å². The molecular formula is C8H5Cl2N3. The maximum Gasteiger partial charge on any atom is 0.156 e. The van der Waals surface area contributed by atoms with Crippen LogP contribution >= 0.6 is 23.2 Å². The molecule has 3 nitrogen and oxygen atoms in total. The zero-order valence-electron chi connectivity index (χ0n) is 6.48. The molecule has 2 aromatic heterocycles. The van der Waals surface area contributed by atoms with Crippen LogP contribution in [0.5, 0.6) is 0 Å². The molecule has 0 aromatic carbocycles. The second-order valence-electron chi connectivity index (χ2n) is 2.43. The fourth-order valence-corrected chi connectivity index (χ4v) is 1.46. The van der Waals surface area contributed by atoms with E-state index < -0.39 is 0 Å². The molecule has 0 spiro atoms. The fourth-order valence-electron chi connectivity index (χ4n) is 0.982. The monoisotopic (exact) mass is 213 g/mol. The lowest BCUT2D eigenvalue weighted by Crippen LogP contribution is -1.94. The Morgan fingerprint density at radius 3 is 2.77 bits per heavy atom. The van der Waals surface area contributed by atoms with Gasteiger partial charge in [0.1, 0.15) is 6.33 Å². The molecular weight excluding hydrogens is 209 g/mol. The third-order valence-corrected chi connectivity index (χ3v) is 2.02. The van der Waals surface area contributed by atoms with E-state index in [0.717, 1.165) is 0 Å². The van der Waals surface area contributed by atoms with E-state index in [1.165, 1.54) is 0 Å². The van der Waals surface area contributed by atoms with Crippen LogP contribution in [0, 0.1) is 0 Å². The summed E-state index contributed by atoms with van der Waals surface area (Å²) in [5, 5.41) is 1.03. The average molecular weight is 214 g/mol. The first-order chi connectivity index (χ1) is 6.27. The molecule has 0 aliphatic carbocycles. The van der Waals surface area contributed by atoms with Gasteiger partial charge in [0.2, 0.25) is 0 Å². The van der Waals surface area contributed by atoms with Gasteiger partial charge in [-0.05, 0) is 6.07 Å². The molecule has 2 rings (SSSR count). The van der Waals surface area contributed by atoms with Gasteiger partial charge in [0.15, 0.2) is 5.82 Å². The topological polar surface area (TPSA) is 30.7 Å². The van der Waals surface area contributed by atoms with Gasteiger partial charge in [0, 0.05) is 18.6 Å². The van der Waals surface area contributed by atoms with Crippen molar-refractivity contribution < 1.29 is 0 Å². The van der Waals surface area contributed by atoms with Crippen LogP contribution < -0.4 is 0 Å². The molecule has 0 fully saturated rings. The van der Waals surface area contributed by atoms with Gasteiger partial charge in [-0.3, -0.25) is 4.57 Å². The van der Waals surface area contributed by atoms with Gasteiger partial charge >= 0.3 is 0 Å². The van der Waals surface area contributed by atoms with Crippen LogP contribution in [0.3, 0.4) is 0 Å². The minimum atomic E-state index is 0.505. The highest BCUT2D eigenvalue weighted by atomic mass is 35.5. The van der Waals surface area contributed by atoms with E-state index in [-0.39, 0.29) is 0 Å². The minimum Gasteiger partial charge on any atom is -0.289 e. The van der Waals surface area contributed by atoms with Gasteiger partial charge in [-0.15, -0.1) is 0 Å². The van der Waals surface area contributed by atoms with E-state index in [2.05, 4.69) is 9.97 Å². The molecule has 66 valence electrons. The number of hydrogen-bond acceptors (Lipinski definition) is 2. The van der Waals surface area contributed by atoms with Crippen molar-refractivity contribution in [1.82, 2.24) is 14.5 Å². The number of nitrogens with zero attached hydrogens (tertiary/aromatic N) is 3. The summed E-state index contributed by atoms with van der Waals surface area (Å²) in [5.74, 6) is 0.628. The molecule has 0 atom stereocenters. The quantitative estimate of drug-likeness (QED) is 0.730. The predicted octanol–water partition coefficient (Wildman–Crippen LogP) is 2.57. The van der Waals surface area contributed by atoms with Crippen molar-refractivity contribution in [3.8, 4) is 5.82 Å². The van der Waals surface area contributed by atoms with Crippen molar-refractivity contribution in [3.05, 3.63) is 41.0 Å². The van der Waals surface area contributed by atoms with Crippen LogP contribution in [-0.2, 0) is 0 Å². The molecule has 2 heterocycles. The molecule has 0 N–H and O–H groups in total. The van der Waals surface area contributed by atoms with E-state index in [1.54, 1.807) is 35.6 Å². The maximum atomic E-state index is 5.93. The van der Waals surface area contributed by atoms with Crippen LogP contribution in [0.1, 0.15) is 0 Å². The lowest BCUT2D eigenvalue weighted by Gasteiger charge is -2.02. The standard InChI is InChI=1S/C8H5Cl2N3/c9-6-3-7(10)8(12-4-6)13-2-1-11-5-13/h1-5H. The van der Waals surface area contributed by atoms with E-state index in [1.807, 2.05) is 0 Å². The lowest BCUT2D eigenvalue weighted by atomic mass is 10.4. The molecule has 0 unspecified atom stereocenters. The SMILES string of the molecule is Clc1cnc(-n2ccnc2)c(Cl)c1. The van der Waals surface area contributed by atoms with Crippen LogP contribution in [0.2, 0.25) is 10.0 Å². The average Bonchev–Trinajstić information content (AvgIpc) is 2.56. The van der Waals surface area contributed by atoms with E-state index >= 15 is 0 Å². The van der Waals surface area contributed by atoms with Crippen LogP contribution in [0.25, 0.3) is 5.82 Å². The third-order valence-electron chi connectivity index (χ3n) is 1.54. The van der Waals surface area contributed by atoms with Crippen molar-refractivity contribution in [2.24, 2.45) is 0 Å². The Labute approximate surface area is 85.0 Å². The molecule has 0 saturated carbocycles. The molecule has 0 aliphatic heterocycles. The molecule has 13 heavy (non-hydrogen) atoms. The first-order valence-corrected chi connectivity index (χ1v) is 4.32. The van der Waals surface area contributed by atoms with Crippen molar-refractivity contribution in [2.45, 2.75) is 0 Å². The first-order valence-electron chi connectivity index (χ1n) is 3.57. The summed E-state index contributed by atoms with van der Waals surface area (Å²) in [4.78, 5) is 7.97. The summed E-state index contributed by atoms with van der Waals surface area (Å²) in [6, 6.07) is 1.64. The lowest BCUT2D eigenvalue weighted by molar-refractivity contribution is 0.993. The number of aromatic nitrogens is 3. The predicted molar refractivity (Wildman–Crippen MR) is 51.4 cm³/mol. The Balaban J connectivity index is 2.53. The Bertz CT molecular complexity index is 411. The number of hydrogen-bond donors (Lipinski definition) is 0. The number of halogens is 2. The summed E-state index contributed by atoms with van der Waals surface area (Å²) < 4.78 is 1.72. The highest BCUT2D eigenvalue weighted by molar-refractivity contribution is 6.35. The van der Waals surface area contributed by atoms with Gasteiger partial charge in [-0.2, -0.15) is 0 Å². The second-order valence-corrected chi connectivity index (χ2v) is 3.27. The number of pyridine rings is 1. The molecule has 0 amide bonds. The van der Waals surface area contributed by atoms with Crippen LogP contribution in [0.4, 0.5) is 0 Å². The van der Waals surface area contributed by atoms with E-state index in [9.17, 15) is 0 Å². The second kappa shape index (κ2) is 3.36. The van der Waals surface area contributed by atoms with Gasteiger partial charge in [0.05, 0.1) is 10.0 Å². The molecule has 0 bridgehead atoms. The zero-order chi connectivity index (χ0) is 9.26. The highest BCUT2D eigenvalue weighted by Crippen LogP contribution is 2.20. The molecule has 0 aliphatic rings. The van der Waals surface area contributed by atoms with Crippen molar-refractivity contribution in [2.75, 3.05) is 0 Å². The smallest absolute Gasteiger partial charge is 0.156 e. The summed E-state index contributed by atoms with van der Waals surface area (Å²) >= 11 is 11.6. The number of imidazole rings is 1. The van der Waals surface area contributed by atoms with Gasteiger partial charge < -0.3 is 0 Å². The zero-order valence-corrected chi connectivity index (χ0v) is 8.00. The summed E-state index contributed by atoms with van der Waals surface area (Å²) in [7, 11) is 0. The van der Waals surface area contributed by atoms with Gasteiger partial charge in [0.25, 0.3) is 0 Å². The Hall–Kier alpha value is -1.06. The maximum absolute atomic E-state index is 5.93.